The third-order valence-electron chi connectivity index (χ3n) is 2.99. The molecule has 6 nitrogen and oxygen atoms in total. The van der Waals surface area contributed by atoms with E-state index in [9.17, 15) is 0 Å². The fourth-order valence-corrected chi connectivity index (χ4v) is 2.74. The van der Waals surface area contributed by atoms with Crippen LogP contribution in [0.15, 0.2) is 39.8 Å². The summed E-state index contributed by atoms with van der Waals surface area (Å²) in [5, 5.41) is 12.4. The van der Waals surface area contributed by atoms with E-state index in [1.54, 1.807) is 35.2 Å². The summed E-state index contributed by atoms with van der Waals surface area (Å²) in [6.45, 7) is 1.76. The molecular formula is C13H9N5OS. The highest BCUT2D eigenvalue weighted by Crippen LogP contribution is 2.26. The Morgan fingerprint density at radius 1 is 1.30 bits per heavy atom. The second-order valence-corrected chi connectivity index (χ2v) is 5.05. The molecule has 0 aliphatic rings. The summed E-state index contributed by atoms with van der Waals surface area (Å²) in [6.07, 6.45) is 3.48. The lowest BCUT2D eigenvalue weighted by atomic mass is 10.2. The van der Waals surface area contributed by atoms with Crippen LogP contribution in [0.1, 0.15) is 5.89 Å². The second-order valence-electron chi connectivity index (χ2n) is 4.27. The lowest BCUT2D eigenvalue weighted by molar-refractivity contribution is 0.394. The molecule has 4 aromatic rings. The molecule has 7 heteroatoms. The summed E-state index contributed by atoms with van der Waals surface area (Å²) >= 11 is 1.65. The van der Waals surface area contributed by atoms with Crippen LogP contribution in [0.2, 0.25) is 0 Å². The molecular weight excluding hydrogens is 274 g/mol. The summed E-state index contributed by atoms with van der Waals surface area (Å²) in [7, 11) is 0. The van der Waals surface area contributed by atoms with Gasteiger partial charge >= 0.3 is 0 Å². The number of aromatic nitrogens is 5. The van der Waals surface area contributed by atoms with Crippen LogP contribution in [0.4, 0.5) is 0 Å². The first-order valence-corrected chi connectivity index (χ1v) is 6.93. The standard InChI is InChI=1S/C13H9N5OS/c1-8-16-12(17-19-8)10-6-15-18-11(2-4-14-13(10)18)9-3-5-20-7-9/h2-7H,1H3. The van der Waals surface area contributed by atoms with E-state index < -0.39 is 0 Å². The quantitative estimate of drug-likeness (QED) is 0.566. The van der Waals surface area contributed by atoms with Crippen LogP contribution in [0.3, 0.4) is 0 Å². The van der Waals surface area contributed by atoms with E-state index in [0.29, 0.717) is 11.7 Å². The Labute approximate surface area is 117 Å². The van der Waals surface area contributed by atoms with Crippen molar-refractivity contribution >= 4 is 17.0 Å². The maximum absolute atomic E-state index is 5.02. The van der Waals surface area contributed by atoms with Gasteiger partial charge in [0.2, 0.25) is 11.7 Å². The number of nitrogens with zero attached hydrogens (tertiary/aromatic N) is 5. The van der Waals surface area contributed by atoms with Gasteiger partial charge in [-0.05, 0) is 17.5 Å². The van der Waals surface area contributed by atoms with E-state index in [1.807, 2.05) is 11.4 Å². The van der Waals surface area contributed by atoms with Crippen molar-refractivity contribution in [3.8, 4) is 22.6 Å². The zero-order valence-electron chi connectivity index (χ0n) is 10.5. The Bertz CT molecular complexity index is 877. The molecule has 4 aromatic heterocycles. The first-order valence-electron chi connectivity index (χ1n) is 5.99. The minimum atomic E-state index is 0.507. The molecule has 98 valence electrons. The third kappa shape index (κ3) is 1.64. The Morgan fingerprint density at radius 3 is 3.00 bits per heavy atom. The largest absolute Gasteiger partial charge is 0.339 e. The van der Waals surface area contributed by atoms with E-state index in [-0.39, 0.29) is 0 Å². The average Bonchev–Trinajstić information content (AvgIpc) is 3.17. The number of aryl methyl sites for hydroxylation is 1. The van der Waals surface area contributed by atoms with E-state index in [0.717, 1.165) is 22.5 Å². The Hall–Kier alpha value is -2.54. The zero-order chi connectivity index (χ0) is 13.5. The van der Waals surface area contributed by atoms with Crippen molar-refractivity contribution in [2.24, 2.45) is 0 Å². The van der Waals surface area contributed by atoms with Gasteiger partial charge in [0.05, 0.1) is 17.5 Å². The SMILES string of the molecule is Cc1nc(-c2cnn3c(-c4ccsc4)ccnc23)no1. The first-order chi connectivity index (χ1) is 9.83. The van der Waals surface area contributed by atoms with Crippen molar-refractivity contribution in [2.75, 3.05) is 0 Å². The summed E-state index contributed by atoms with van der Waals surface area (Å²) < 4.78 is 6.81. The van der Waals surface area contributed by atoms with Crippen LogP contribution in [0.25, 0.3) is 28.3 Å². The highest BCUT2D eigenvalue weighted by atomic mass is 32.1. The molecule has 0 bridgehead atoms. The Morgan fingerprint density at radius 2 is 2.25 bits per heavy atom. The molecule has 0 amide bonds. The van der Waals surface area contributed by atoms with Gasteiger partial charge in [0.25, 0.3) is 0 Å². The van der Waals surface area contributed by atoms with Crippen molar-refractivity contribution in [3.63, 3.8) is 0 Å². The predicted molar refractivity (Wildman–Crippen MR) is 74.3 cm³/mol. The van der Waals surface area contributed by atoms with Crippen LogP contribution < -0.4 is 0 Å². The van der Waals surface area contributed by atoms with Crippen LogP contribution in [-0.2, 0) is 0 Å². The van der Waals surface area contributed by atoms with Crippen LogP contribution in [-0.4, -0.2) is 24.7 Å². The Balaban J connectivity index is 1.97. The maximum Gasteiger partial charge on any atom is 0.223 e. The topological polar surface area (TPSA) is 69.1 Å². The van der Waals surface area contributed by atoms with Crippen LogP contribution in [0, 0.1) is 6.92 Å². The number of hydrogen-bond acceptors (Lipinski definition) is 6. The fourth-order valence-electron chi connectivity index (χ4n) is 2.09. The zero-order valence-corrected chi connectivity index (χ0v) is 11.3. The molecule has 0 fully saturated rings. The van der Waals surface area contributed by atoms with Crippen molar-refractivity contribution in [3.05, 3.63) is 41.2 Å². The average molecular weight is 283 g/mol. The Kier molecular flexibility index (Phi) is 2.40. The number of hydrogen-bond donors (Lipinski definition) is 0. The van der Waals surface area contributed by atoms with Gasteiger partial charge in [-0.1, -0.05) is 5.16 Å². The summed E-state index contributed by atoms with van der Waals surface area (Å²) in [5.41, 5.74) is 3.58. The van der Waals surface area contributed by atoms with Gasteiger partial charge in [0, 0.05) is 24.1 Å². The molecule has 0 aliphatic heterocycles. The van der Waals surface area contributed by atoms with E-state index >= 15 is 0 Å². The smallest absolute Gasteiger partial charge is 0.223 e. The lowest BCUT2D eigenvalue weighted by Crippen LogP contribution is -1.94. The van der Waals surface area contributed by atoms with Gasteiger partial charge in [-0.25, -0.2) is 9.50 Å². The molecule has 0 radical (unpaired) electrons. The lowest BCUT2D eigenvalue weighted by Gasteiger charge is -2.01. The summed E-state index contributed by atoms with van der Waals surface area (Å²) in [6, 6.07) is 3.99. The number of fused-ring (bicyclic) bond motifs is 1. The predicted octanol–water partition coefficient (Wildman–Crippen LogP) is 2.82. The van der Waals surface area contributed by atoms with E-state index in [2.05, 4.69) is 31.7 Å². The normalized spacial score (nSPS) is 11.2. The van der Waals surface area contributed by atoms with Gasteiger partial charge in [-0.15, -0.1) is 0 Å². The summed E-state index contributed by atoms with van der Waals surface area (Å²) in [4.78, 5) is 8.61. The maximum atomic E-state index is 5.02. The van der Waals surface area contributed by atoms with Gasteiger partial charge in [0.15, 0.2) is 5.65 Å². The molecule has 0 saturated heterocycles. The van der Waals surface area contributed by atoms with Gasteiger partial charge in [-0.3, -0.25) is 0 Å². The molecule has 0 N–H and O–H groups in total. The van der Waals surface area contributed by atoms with Crippen LogP contribution >= 0.6 is 11.3 Å². The monoisotopic (exact) mass is 283 g/mol. The molecule has 0 aliphatic carbocycles. The van der Waals surface area contributed by atoms with Crippen molar-refractivity contribution in [2.45, 2.75) is 6.92 Å². The highest BCUT2D eigenvalue weighted by Gasteiger charge is 2.15. The third-order valence-corrected chi connectivity index (χ3v) is 3.67. The number of thiophene rings is 1. The molecule has 0 unspecified atom stereocenters. The second kappa shape index (κ2) is 4.24. The van der Waals surface area contributed by atoms with Crippen molar-refractivity contribution in [1.82, 2.24) is 24.7 Å². The molecule has 4 rings (SSSR count). The van der Waals surface area contributed by atoms with Gasteiger partial charge < -0.3 is 4.52 Å². The van der Waals surface area contributed by atoms with Gasteiger partial charge in [0.1, 0.15) is 0 Å². The highest BCUT2D eigenvalue weighted by molar-refractivity contribution is 7.08. The minimum absolute atomic E-state index is 0.507. The van der Waals surface area contributed by atoms with E-state index in [1.165, 1.54) is 0 Å². The van der Waals surface area contributed by atoms with E-state index in [4.69, 9.17) is 4.52 Å². The van der Waals surface area contributed by atoms with Crippen LogP contribution in [0.5, 0.6) is 0 Å². The summed E-state index contributed by atoms with van der Waals surface area (Å²) in [5.74, 6) is 1.03. The molecule has 0 spiro atoms. The molecule has 0 saturated carbocycles. The molecule has 20 heavy (non-hydrogen) atoms. The first kappa shape index (κ1) is 11.3. The minimum Gasteiger partial charge on any atom is -0.339 e. The fraction of sp³-hybridized carbons (Fsp3) is 0.0769. The van der Waals surface area contributed by atoms with Crippen molar-refractivity contribution < 1.29 is 4.52 Å². The molecule has 4 heterocycles. The molecule has 0 aromatic carbocycles. The van der Waals surface area contributed by atoms with Gasteiger partial charge in [-0.2, -0.15) is 21.4 Å². The molecule has 0 atom stereocenters. The van der Waals surface area contributed by atoms with Crippen molar-refractivity contribution in [1.29, 1.82) is 0 Å². The number of rotatable bonds is 2.